The largest absolute Gasteiger partial charge is 0.478 e. The van der Waals surface area contributed by atoms with E-state index in [0.717, 1.165) is 22.6 Å². The number of benzene rings is 1. The van der Waals surface area contributed by atoms with E-state index >= 15 is 0 Å². The summed E-state index contributed by atoms with van der Waals surface area (Å²) in [6.45, 7) is 8.60. The fourth-order valence-corrected chi connectivity index (χ4v) is 2.89. The summed E-state index contributed by atoms with van der Waals surface area (Å²) < 4.78 is 2.07. The Morgan fingerprint density at radius 1 is 1.04 bits per heavy atom. The molecule has 0 aliphatic heterocycles. The quantitative estimate of drug-likeness (QED) is 0.692. The van der Waals surface area contributed by atoms with E-state index in [-0.39, 0.29) is 5.56 Å². The lowest BCUT2D eigenvalue weighted by atomic mass is 10.1. The maximum absolute atomic E-state index is 11.0. The van der Waals surface area contributed by atoms with Gasteiger partial charge in [0, 0.05) is 17.4 Å². The summed E-state index contributed by atoms with van der Waals surface area (Å²) in [5.74, 6) is -0.513. The van der Waals surface area contributed by atoms with Crippen LogP contribution in [-0.2, 0) is 0 Å². The number of aromatic amines is 1. The Labute approximate surface area is 147 Å². The molecule has 0 radical (unpaired) electrons. The van der Waals surface area contributed by atoms with Crippen LogP contribution in [0, 0.1) is 0 Å². The van der Waals surface area contributed by atoms with Crippen LogP contribution >= 0.6 is 0 Å². The van der Waals surface area contributed by atoms with Crippen molar-refractivity contribution in [2.24, 2.45) is 0 Å². The third kappa shape index (κ3) is 3.36. The lowest BCUT2D eigenvalue weighted by Crippen LogP contribution is -2.08. The van der Waals surface area contributed by atoms with Crippen LogP contribution in [-0.4, -0.2) is 25.8 Å². The molecule has 1 aromatic carbocycles. The van der Waals surface area contributed by atoms with E-state index < -0.39 is 5.97 Å². The van der Waals surface area contributed by atoms with Crippen LogP contribution in [0.15, 0.2) is 42.5 Å². The van der Waals surface area contributed by atoms with Gasteiger partial charge in [0.1, 0.15) is 5.69 Å². The molecule has 0 atom stereocenters. The molecule has 2 heterocycles. The van der Waals surface area contributed by atoms with Gasteiger partial charge in [0.25, 0.3) is 0 Å². The van der Waals surface area contributed by atoms with E-state index in [1.807, 2.05) is 24.3 Å². The van der Waals surface area contributed by atoms with Crippen molar-refractivity contribution in [3.63, 3.8) is 0 Å². The minimum absolute atomic E-state index is 0.285. The summed E-state index contributed by atoms with van der Waals surface area (Å²) in [5, 5.41) is 13.8. The summed E-state index contributed by atoms with van der Waals surface area (Å²) >= 11 is 0. The first kappa shape index (κ1) is 17.0. The van der Waals surface area contributed by atoms with Gasteiger partial charge in [0.2, 0.25) is 0 Å². The molecule has 0 aliphatic rings. The molecule has 2 aromatic heterocycles. The van der Waals surface area contributed by atoms with Crippen LogP contribution in [0.5, 0.6) is 0 Å². The number of carbonyl (C=O) groups is 1. The Morgan fingerprint density at radius 2 is 1.68 bits per heavy atom. The lowest BCUT2D eigenvalue weighted by molar-refractivity contribution is 0.0697. The first-order valence-corrected chi connectivity index (χ1v) is 8.49. The number of H-pyrrole nitrogens is 1. The smallest absolute Gasteiger partial charge is 0.335 e. The van der Waals surface area contributed by atoms with Crippen molar-refractivity contribution < 1.29 is 9.90 Å². The summed E-state index contributed by atoms with van der Waals surface area (Å²) in [6.07, 6.45) is 0. The molecule has 130 valence electrons. The zero-order valence-electron chi connectivity index (χ0n) is 14.9. The zero-order valence-corrected chi connectivity index (χ0v) is 14.9. The van der Waals surface area contributed by atoms with Crippen molar-refractivity contribution in [1.82, 2.24) is 14.8 Å². The van der Waals surface area contributed by atoms with Crippen molar-refractivity contribution in [3.8, 4) is 22.6 Å². The van der Waals surface area contributed by atoms with Gasteiger partial charge in [-0.1, -0.05) is 26.0 Å². The molecular weight excluding hydrogens is 314 g/mol. The predicted molar refractivity (Wildman–Crippen MR) is 98.9 cm³/mol. The predicted octanol–water partition coefficient (Wildman–Crippen LogP) is 4.95. The van der Waals surface area contributed by atoms with Gasteiger partial charge in [-0.15, -0.1) is 0 Å². The summed E-state index contributed by atoms with van der Waals surface area (Å²) in [6, 6.07) is 13.3. The van der Waals surface area contributed by atoms with E-state index in [1.165, 1.54) is 5.69 Å². The molecule has 0 saturated carbocycles. The number of aromatic carboxylic acids is 1. The van der Waals surface area contributed by atoms with Crippen LogP contribution in [0.3, 0.4) is 0 Å². The van der Waals surface area contributed by atoms with Gasteiger partial charge in [0.15, 0.2) is 0 Å². The molecule has 3 aromatic rings. The van der Waals surface area contributed by atoms with Crippen LogP contribution in [0.2, 0.25) is 0 Å². The molecular formula is C20H23N3O2. The van der Waals surface area contributed by atoms with E-state index in [9.17, 15) is 4.79 Å². The van der Waals surface area contributed by atoms with Crippen molar-refractivity contribution >= 4 is 5.97 Å². The fourth-order valence-electron chi connectivity index (χ4n) is 2.89. The normalized spacial score (nSPS) is 11.4. The van der Waals surface area contributed by atoms with Crippen molar-refractivity contribution in [2.45, 2.75) is 39.7 Å². The highest BCUT2D eigenvalue weighted by molar-refractivity contribution is 5.88. The van der Waals surface area contributed by atoms with Gasteiger partial charge in [-0.05, 0) is 55.7 Å². The fraction of sp³-hybridized carbons (Fsp3) is 0.300. The number of aromatic nitrogens is 3. The summed E-state index contributed by atoms with van der Waals surface area (Å²) in [4.78, 5) is 14.4. The van der Waals surface area contributed by atoms with E-state index in [4.69, 9.17) is 10.2 Å². The second-order valence-corrected chi connectivity index (χ2v) is 6.82. The summed E-state index contributed by atoms with van der Waals surface area (Å²) in [7, 11) is 0. The molecule has 0 spiro atoms. The van der Waals surface area contributed by atoms with Gasteiger partial charge in [-0.3, -0.25) is 4.68 Å². The molecule has 2 N–H and O–H groups in total. The Kier molecular flexibility index (Phi) is 4.49. The van der Waals surface area contributed by atoms with E-state index in [0.29, 0.717) is 12.0 Å². The highest BCUT2D eigenvalue weighted by Crippen LogP contribution is 2.28. The molecule has 25 heavy (non-hydrogen) atoms. The molecule has 5 nitrogen and oxygen atoms in total. The second-order valence-electron chi connectivity index (χ2n) is 6.82. The van der Waals surface area contributed by atoms with Gasteiger partial charge in [0.05, 0.1) is 11.3 Å². The molecule has 0 fully saturated rings. The van der Waals surface area contributed by atoms with Gasteiger partial charge in [-0.2, -0.15) is 5.10 Å². The minimum atomic E-state index is -0.917. The first-order valence-electron chi connectivity index (χ1n) is 8.49. The number of carboxylic acid groups (broad SMARTS) is 1. The molecule has 0 aliphatic carbocycles. The Morgan fingerprint density at radius 3 is 2.20 bits per heavy atom. The highest BCUT2D eigenvalue weighted by atomic mass is 16.4. The Bertz CT molecular complexity index is 861. The number of nitrogens with one attached hydrogen (secondary N) is 1. The molecule has 0 saturated heterocycles. The number of hydrogen-bond donors (Lipinski definition) is 2. The van der Waals surface area contributed by atoms with Crippen LogP contribution in [0.25, 0.3) is 22.6 Å². The van der Waals surface area contributed by atoms with Crippen LogP contribution < -0.4 is 0 Å². The van der Waals surface area contributed by atoms with E-state index in [2.05, 4.69) is 43.4 Å². The van der Waals surface area contributed by atoms with Crippen molar-refractivity contribution in [2.75, 3.05) is 0 Å². The number of carboxylic acids is 1. The maximum atomic E-state index is 11.0. The Hall–Kier alpha value is -2.82. The second kappa shape index (κ2) is 6.59. The first-order chi connectivity index (χ1) is 11.9. The van der Waals surface area contributed by atoms with Crippen LogP contribution in [0.1, 0.15) is 55.7 Å². The maximum Gasteiger partial charge on any atom is 0.335 e. The zero-order chi connectivity index (χ0) is 18.1. The monoisotopic (exact) mass is 337 g/mol. The topological polar surface area (TPSA) is 70.9 Å². The molecule has 5 heteroatoms. The number of nitrogens with zero attached hydrogens (tertiary/aromatic N) is 2. The SMILES string of the molecule is CC(C)c1cc(-c2ccc(-c3ccc(C(=O)O)cc3)[nH]2)nn1C(C)C. The summed E-state index contributed by atoms with van der Waals surface area (Å²) in [5.41, 5.74) is 5.27. The molecule has 3 rings (SSSR count). The van der Waals surface area contributed by atoms with Gasteiger partial charge in [-0.25, -0.2) is 4.79 Å². The van der Waals surface area contributed by atoms with Crippen molar-refractivity contribution in [3.05, 3.63) is 53.7 Å². The minimum Gasteiger partial charge on any atom is -0.478 e. The third-order valence-electron chi connectivity index (χ3n) is 4.25. The lowest BCUT2D eigenvalue weighted by Gasteiger charge is -2.12. The standard InChI is InChI=1S/C20H23N3O2/c1-12(2)19-11-18(22-23(19)13(3)4)17-10-9-16(21-17)14-5-7-15(8-6-14)20(24)25/h5-13,21H,1-4H3,(H,24,25). The number of rotatable bonds is 5. The average molecular weight is 337 g/mol. The van der Waals surface area contributed by atoms with Gasteiger partial charge >= 0.3 is 5.97 Å². The van der Waals surface area contributed by atoms with E-state index in [1.54, 1.807) is 12.1 Å². The molecule has 0 unspecified atom stereocenters. The molecule has 0 bridgehead atoms. The number of hydrogen-bond acceptors (Lipinski definition) is 2. The van der Waals surface area contributed by atoms with Gasteiger partial charge < -0.3 is 10.1 Å². The highest BCUT2D eigenvalue weighted by Gasteiger charge is 2.15. The van der Waals surface area contributed by atoms with Crippen molar-refractivity contribution in [1.29, 1.82) is 0 Å². The Balaban J connectivity index is 1.93. The third-order valence-corrected chi connectivity index (χ3v) is 4.25. The van der Waals surface area contributed by atoms with Crippen LogP contribution in [0.4, 0.5) is 0 Å². The average Bonchev–Trinajstić information content (AvgIpc) is 3.22. The molecule has 0 amide bonds.